The van der Waals surface area contributed by atoms with Gasteiger partial charge in [0.05, 0.1) is 6.26 Å². The van der Waals surface area contributed by atoms with E-state index < -0.39 is 0 Å². The largest absolute Gasteiger partial charge is 0.449 e. The molecule has 2 rings (SSSR count). The summed E-state index contributed by atoms with van der Waals surface area (Å²) in [6.07, 6.45) is 3.27. The normalized spacial score (nSPS) is 9.60. The van der Waals surface area contributed by atoms with Crippen LogP contribution in [0.4, 0.5) is 11.7 Å². The zero-order valence-corrected chi connectivity index (χ0v) is 8.62. The molecule has 2 N–H and O–H groups in total. The molecule has 0 aliphatic carbocycles. The number of anilines is 2. The molecule has 2 heterocycles. The van der Waals surface area contributed by atoms with Crippen LogP contribution in [0.3, 0.4) is 0 Å². The third kappa shape index (κ3) is 2.78. The van der Waals surface area contributed by atoms with Crippen LogP contribution in [0.15, 0.2) is 47.2 Å². The lowest BCUT2D eigenvalue weighted by molar-refractivity contribution is 0.586. The van der Waals surface area contributed by atoms with Crippen LogP contribution in [-0.2, 0) is 0 Å². The van der Waals surface area contributed by atoms with Gasteiger partial charge < -0.3 is 15.1 Å². The first-order valence-corrected chi connectivity index (χ1v) is 4.78. The van der Waals surface area contributed by atoms with Crippen LogP contribution in [0.1, 0.15) is 0 Å². The van der Waals surface area contributed by atoms with Crippen LogP contribution >= 0.6 is 12.2 Å². The smallest absolute Gasteiger partial charge is 0.198 e. The predicted octanol–water partition coefficient (Wildman–Crippen LogP) is 2.48. The lowest BCUT2D eigenvalue weighted by Gasteiger charge is -2.06. The lowest BCUT2D eigenvalue weighted by atomic mass is 10.5. The quantitative estimate of drug-likeness (QED) is 0.760. The molecule has 0 unspecified atom stereocenters. The van der Waals surface area contributed by atoms with E-state index in [4.69, 9.17) is 16.6 Å². The summed E-state index contributed by atoms with van der Waals surface area (Å²) >= 11 is 5.06. The first kappa shape index (κ1) is 9.67. The van der Waals surface area contributed by atoms with Crippen molar-refractivity contribution in [2.45, 2.75) is 0 Å². The number of nitrogens with zero attached hydrogens (tertiary/aromatic N) is 1. The maximum atomic E-state index is 5.08. The number of thiocarbonyl (C=S) groups is 1. The van der Waals surface area contributed by atoms with Gasteiger partial charge in [-0.05, 0) is 30.4 Å². The average molecular weight is 219 g/mol. The molecule has 0 aliphatic heterocycles. The maximum absolute atomic E-state index is 5.08. The van der Waals surface area contributed by atoms with Gasteiger partial charge in [0.1, 0.15) is 5.82 Å². The first-order chi connectivity index (χ1) is 7.34. The molecule has 4 nitrogen and oxygen atoms in total. The highest BCUT2D eigenvalue weighted by Gasteiger charge is 1.99. The Morgan fingerprint density at radius 1 is 1.20 bits per heavy atom. The standard InChI is InChI=1S/C10H9N3OS/c15-10(13-9-5-3-7-14-9)12-8-4-1-2-6-11-8/h1-7H,(H2,11,12,13,15). The van der Waals surface area contributed by atoms with E-state index in [9.17, 15) is 0 Å². The van der Waals surface area contributed by atoms with Crippen molar-refractivity contribution in [3.63, 3.8) is 0 Å². The minimum absolute atomic E-state index is 0.448. The van der Waals surface area contributed by atoms with Crippen LogP contribution in [0.5, 0.6) is 0 Å². The Labute approximate surface area is 92.3 Å². The Bertz CT molecular complexity index is 427. The van der Waals surface area contributed by atoms with Crippen molar-refractivity contribution in [3.8, 4) is 0 Å². The summed E-state index contributed by atoms with van der Waals surface area (Å²) < 4.78 is 5.08. The Hall–Kier alpha value is -1.88. The van der Waals surface area contributed by atoms with Crippen LogP contribution in [0, 0.1) is 0 Å². The molecule has 0 fully saturated rings. The highest BCUT2D eigenvalue weighted by Crippen LogP contribution is 2.07. The predicted molar refractivity (Wildman–Crippen MR) is 62.8 cm³/mol. The van der Waals surface area contributed by atoms with Crippen molar-refractivity contribution >= 4 is 29.0 Å². The topological polar surface area (TPSA) is 50.1 Å². The third-order valence-corrected chi connectivity index (χ3v) is 1.87. The molecule has 0 amide bonds. The molecule has 15 heavy (non-hydrogen) atoms. The van der Waals surface area contributed by atoms with Gasteiger partial charge in [-0.25, -0.2) is 4.98 Å². The molecule has 0 radical (unpaired) electrons. The number of rotatable bonds is 2. The van der Waals surface area contributed by atoms with Crippen molar-refractivity contribution in [2.24, 2.45) is 0 Å². The van der Waals surface area contributed by atoms with Gasteiger partial charge in [-0.1, -0.05) is 6.07 Å². The second-order valence-electron chi connectivity index (χ2n) is 2.77. The van der Waals surface area contributed by atoms with E-state index in [1.807, 2.05) is 18.2 Å². The monoisotopic (exact) mass is 219 g/mol. The SMILES string of the molecule is S=C(Nc1ccccn1)Nc1ccco1. The Kier molecular flexibility index (Phi) is 2.94. The number of hydrogen-bond donors (Lipinski definition) is 2. The maximum Gasteiger partial charge on any atom is 0.198 e. The van der Waals surface area contributed by atoms with Gasteiger partial charge in [0, 0.05) is 12.3 Å². The number of aromatic nitrogens is 1. The van der Waals surface area contributed by atoms with Gasteiger partial charge in [0.15, 0.2) is 11.0 Å². The Morgan fingerprint density at radius 2 is 2.13 bits per heavy atom. The highest BCUT2D eigenvalue weighted by molar-refractivity contribution is 7.80. The summed E-state index contributed by atoms with van der Waals surface area (Å²) in [5, 5.41) is 6.26. The van der Waals surface area contributed by atoms with Crippen molar-refractivity contribution < 1.29 is 4.42 Å². The minimum Gasteiger partial charge on any atom is -0.449 e. The minimum atomic E-state index is 0.448. The van der Waals surface area contributed by atoms with Gasteiger partial charge in [0.25, 0.3) is 0 Å². The summed E-state index contributed by atoms with van der Waals surface area (Å²) in [4.78, 5) is 4.08. The Balaban J connectivity index is 1.94. The molecular formula is C10H9N3OS. The van der Waals surface area contributed by atoms with Crippen LogP contribution in [0.25, 0.3) is 0 Å². The molecule has 2 aromatic heterocycles. The number of nitrogens with one attached hydrogen (secondary N) is 2. The van der Waals surface area contributed by atoms with Gasteiger partial charge in [0.2, 0.25) is 0 Å². The van der Waals surface area contributed by atoms with Gasteiger partial charge in [-0.2, -0.15) is 0 Å². The Morgan fingerprint density at radius 3 is 2.80 bits per heavy atom. The van der Waals surface area contributed by atoms with Crippen LogP contribution in [-0.4, -0.2) is 10.1 Å². The van der Waals surface area contributed by atoms with Crippen molar-refractivity contribution in [2.75, 3.05) is 10.6 Å². The molecule has 5 heteroatoms. The number of pyridine rings is 1. The van der Waals surface area contributed by atoms with E-state index in [-0.39, 0.29) is 0 Å². The first-order valence-electron chi connectivity index (χ1n) is 4.37. The fourth-order valence-electron chi connectivity index (χ4n) is 1.05. The highest BCUT2D eigenvalue weighted by atomic mass is 32.1. The summed E-state index contributed by atoms with van der Waals surface area (Å²) in [5.41, 5.74) is 0. The molecule has 0 saturated heterocycles. The van der Waals surface area contributed by atoms with Crippen LogP contribution in [0.2, 0.25) is 0 Å². The van der Waals surface area contributed by atoms with Gasteiger partial charge in [-0.3, -0.25) is 0 Å². The van der Waals surface area contributed by atoms with E-state index in [1.165, 1.54) is 0 Å². The van der Waals surface area contributed by atoms with Gasteiger partial charge >= 0.3 is 0 Å². The number of furan rings is 1. The lowest BCUT2D eigenvalue weighted by Crippen LogP contribution is -2.19. The summed E-state index contributed by atoms with van der Waals surface area (Å²) in [5.74, 6) is 1.30. The molecule has 0 aliphatic rings. The second-order valence-corrected chi connectivity index (χ2v) is 3.18. The zero-order valence-electron chi connectivity index (χ0n) is 7.81. The van der Waals surface area contributed by atoms with E-state index in [2.05, 4.69) is 15.6 Å². The fourth-order valence-corrected chi connectivity index (χ4v) is 1.25. The average Bonchev–Trinajstić information content (AvgIpc) is 2.71. The van der Waals surface area contributed by atoms with Crippen molar-refractivity contribution in [1.82, 2.24) is 4.98 Å². The van der Waals surface area contributed by atoms with E-state index in [0.29, 0.717) is 16.8 Å². The summed E-state index contributed by atoms with van der Waals surface area (Å²) in [6.45, 7) is 0. The molecule has 0 bridgehead atoms. The molecule has 0 saturated carbocycles. The zero-order chi connectivity index (χ0) is 10.5. The second kappa shape index (κ2) is 4.56. The molecule has 0 aromatic carbocycles. The summed E-state index contributed by atoms with van der Waals surface area (Å²) in [7, 11) is 0. The van der Waals surface area contributed by atoms with Gasteiger partial charge in [-0.15, -0.1) is 0 Å². The van der Waals surface area contributed by atoms with Crippen LogP contribution < -0.4 is 10.6 Å². The summed E-state index contributed by atoms with van der Waals surface area (Å²) in [6, 6.07) is 9.12. The molecule has 0 atom stereocenters. The molecule has 2 aromatic rings. The van der Waals surface area contributed by atoms with Crippen molar-refractivity contribution in [3.05, 3.63) is 42.8 Å². The van der Waals surface area contributed by atoms with Crippen molar-refractivity contribution in [1.29, 1.82) is 0 Å². The van der Waals surface area contributed by atoms with E-state index >= 15 is 0 Å². The molecule has 76 valence electrons. The van der Waals surface area contributed by atoms with E-state index in [1.54, 1.807) is 24.6 Å². The number of hydrogen-bond acceptors (Lipinski definition) is 3. The molecule has 0 spiro atoms. The fraction of sp³-hybridized carbons (Fsp3) is 0. The third-order valence-electron chi connectivity index (χ3n) is 1.66. The van der Waals surface area contributed by atoms with E-state index in [0.717, 1.165) is 0 Å². The molecular weight excluding hydrogens is 210 g/mol.